The lowest BCUT2D eigenvalue weighted by Crippen LogP contribution is -2.30. The van der Waals surface area contributed by atoms with E-state index in [2.05, 4.69) is 9.93 Å². The number of hydrogen-bond acceptors (Lipinski definition) is 5. The molecule has 0 aromatic rings. The quantitative estimate of drug-likeness (QED) is 0.527. The van der Waals surface area contributed by atoms with Crippen molar-refractivity contribution in [3.05, 3.63) is 0 Å². The molecule has 0 aromatic carbocycles. The number of carbonyl (C=O) groups is 1. The van der Waals surface area contributed by atoms with E-state index in [1.165, 1.54) is 0 Å². The Kier molecular flexibility index (Phi) is 7.34. The summed E-state index contributed by atoms with van der Waals surface area (Å²) in [6.07, 6.45) is 1.28. The third-order valence-electron chi connectivity index (χ3n) is 2.48. The number of hydrogen-bond donors (Lipinski definition) is 1. The Balaban J connectivity index is 3.94. The smallest absolute Gasteiger partial charge is 0.348 e. The first kappa shape index (κ1) is 16.4. The van der Waals surface area contributed by atoms with Crippen molar-refractivity contribution in [2.24, 2.45) is 5.92 Å². The van der Waals surface area contributed by atoms with Crippen molar-refractivity contribution in [1.29, 1.82) is 0 Å². The van der Waals surface area contributed by atoms with Gasteiger partial charge in [-0.25, -0.2) is 4.79 Å². The molecule has 0 fully saturated rings. The van der Waals surface area contributed by atoms with Crippen LogP contribution in [-0.2, 0) is 19.6 Å². The molecule has 102 valence electrons. The minimum atomic E-state index is -0.706. The van der Waals surface area contributed by atoms with Crippen molar-refractivity contribution in [2.75, 3.05) is 0 Å². The van der Waals surface area contributed by atoms with Crippen molar-refractivity contribution in [3.8, 4) is 0 Å². The predicted octanol–water partition coefficient (Wildman–Crippen LogP) is 2.38. The zero-order valence-corrected chi connectivity index (χ0v) is 11.4. The fourth-order valence-corrected chi connectivity index (χ4v) is 1.58. The second-order valence-electron chi connectivity index (χ2n) is 4.88. The van der Waals surface area contributed by atoms with E-state index in [0.717, 1.165) is 0 Å². The first-order chi connectivity index (χ1) is 7.82. The van der Waals surface area contributed by atoms with Crippen LogP contribution in [0.4, 0.5) is 0 Å². The topological polar surface area (TPSA) is 65.0 Å². The molecule has 5 nitrogen and oxygen atoms in total. The average Bonchev–Trinajstić information content (AvgIpc) is 2.16. The highest BCUT2D eigenvalue weighted by atomic mass is 17.5. The van der Waals surface area contributed by atoms with Crippen LogP contribution in [0.15, 0.2) is 0 Å². The number of carbonyl (C=O) groups excluding carboxylic acids is 1. The zero-order chi connectivity index (χ0) is 13.5. The highest BCUT2D eigenvalue weighted by Crippen LogP contribution is 2.18. The van der Waals surface area contributed by atoms with E-state index in [0.29, 0.717) is 19.3 Å². The van der Waals surface area contributed by atoms with E-state index < -0.39 is 17.7 Å². The van der Waals surface area contributed by atoms with Gasteiger partial charge in [0.25, 0.3) is 0 Å². The molecule has 0 saturated carbocycles. The van der Waals surface area contributed by atoms with Crippen LogP contribution >= 0.6 is 0 Å². The molecule has 0 amide bonds. The Labute approximate surface area is 103 Å². The summed E-state index contributed by atoms with van der Waals surface area (Å²) in [5, 5.41) is 13.7. The predicted molar refractivity (Wildman–Crippen MR) is 62.7 cm³/mol. The Morgan fingerprint density at radius 1 is 1.29 bits per heavy atom. The highest BCUT2D eigenvalue weighted by molar-refractivity contribution is 5.71. The number of aliphatic hydroxyl groups is 1. The van der Waals surface area contributed by atoms with Crippen LogP contribution in [0.25, 0.3) is 0 Å². The summed E-state index contributed by atoms with van der Waals surface area (Å²) < 4.78 is 0. The van der Waals surface area contributed by atoms with Crippen molar-refractivity contribution < 1.29 is 24.7 Å². The molecule has 0 bridgehead atoms. The monoisotopic (exact) mass is 248 g/mol. The molecule has 1 atom stereocenters. The van der Waals surface area contributed by atoms with E-state index in [-0.39, 0.29) is 5.92 Å². The Morgan fingerprint density at radius 2 is 1.82 bits per heavy atom. The molecule has 1 unspecified atom stereocenters. The highest BCUT2D eigenvalue weighted by Gasteiger charge is 2.25. The molecule has 0 aliphatic carbocycles. The van der Waals surface area contributed by atoms with Crippen molar-refractivity contribution in [1.82, 2.24) is 0 Å². The molecule has 0 rings (SSSR count). The molecule has 1 N–H and O–H groups in total. The van der Waals surface area contributed by atoms with Gasteiger partial charge >= 0.3 is 5.97 Å². The lowest BCUT2D eigenvalue weighted by molar-refractivity contribution is -0.518. The van der Waals surface area contributed by atoms with Crippen LogP contribution in [-0.4, -0.2) is 22.8 Å². The normalized spacial score (nSPS) is 13.8. The fourth-order valence-electron chi connectivity index (χ4n) is 1.58. The summed E-state index contributed by atoms with van der Waals surface area (Å²) in [4.78, 5) is 20.9. The molecule has 5 heteroatoms. The van der Waals surface area contributed by atoms with Gasteiger partial charge in [-0.1, -0.05) is 13.8 Å². The summed E-state index contributed by atoms with van der Waals surface area (Å²) in [5.74, 6) is -0.596. The van der Waals surface area contributed by atoms with Gasteiger partial charge in [0.1, 0.15) is 5.60 Å². The van der Waals surface area contributed by atoms with Crippen molar-refractivity contribution >= 4 is 5.97 Å². The van der Waals surface area contributed by atoms with Gasteiger partial charge in [-0.15, -0.1) is 0 Å². The van der Waals surface area contributed by atoms with Crippen LogP contribution in [0.2, 0.25) is 0 Å². The first-order valence-corrected chi connectivity index (χ1v) is 6.06. The second kappa shape index (κ2) is 7.63. The molecule has 0 aliphatic rings. The van der Waals surface area contributed by atoms with Crippen LogP contribution in [0.1, 0.15) is 53.9 Å². The van der Waals surface area contributed by atoms with Gasteiger partial charge < -0.3 is 5.11 Å². The number of rotatable bonds is 8. The molecule has 0 saturated heterocycles. The van der Waals surface area contributed by atoms with Crippen LogP contribution in [0.5, 0.6) is 0 Å². The minimum absolute atomic E-state index is 0.168. The zero-order valence-electron chi connectivity index (χ0n) is 11.4. The second-order valence-corrected chi connectivity index (χ2v) is 4.88. The Morgan fingerprint density at radius 3 is 2.24 bits per heavy atom. The van der Waals surface area contributed by atoms with E-state index in [4.69, 9.17) is 4.89 Å². The van der Waals surface area contributed by atoms with E-state index in [1.54, 1.807) is 20.8 Å². The van der Waals surface area contributed by atoms with Gasteiger partial charge in [0.05, 0.1) is 12.0 Å². The minimum Gasteiger partial charge on any atom is -0.393 e. The van der Waals surface area contributed by atoms with Crippen LogP contribution in [0.3, 0.4) is 0 Å². The SMILES string of the molecule is CCC(CC)C(=O)OOOC(C)(C)CC(C)O. The molecule has 17 heavy (non-hydrogen) atoms. The molecule has 0 aromatic heterocycles. The van der Waals surface area contributed by atoms with Gasteiger partial charge in [0.2, 0.25) is 0 Å². The van der Waals surface area contributed by atoms with E-state index in [1.807, 2.05) is 13.8 Å². The van der Waals surface area contributed by atoms with Gasteiger partial charge in [-0.3, -0.25) is 4.89 Å². The Hall–Kier alpha value is -0.650. The molecule has 0 aliphatic heterocycles. The maximum atomic E-state index is 11.4. The maximum Gasteiger partial charge on any atom is 0.348 e. The molecular weight excluding hydrogens is 224 g/mol. The van der Waals surface area contributed by atoms with Gasteiger partial charge in [0, 0.05) is 6.42 Å². The summed E-state index contributed by atoms with van der Waals surface area (Å²) >= 11 is 0. The van der Waals surface area contributed by atoms with Crippen LogP contribution in [0, 0.1) is 5.92 Å². The van der Waals surface area contributed by atoms with Gasteiger partial charge in [0.15, 0.2) is 0 Å². The van der Waals surface area contributed by atoms with Crippen LogP contribution < -0.4 is 0 Å². The standard InChI is InChI=1S/C12H24O5/c1-6-10(7-2)11(14)15-17-16-12(4,5)8-9(3)13/h9-10,13H,6-8H2,1-5H3. The third-order valence-corrected chi connectivity index (χ3v) is 2.48. The number of aliphatic hydroxyl groups excluding tert-OH is 1. The fraction of sp³-hybridized carbons (Fsp3) is 0.917. The average molecular weight is 248 g/mol. The van der Waals surface area contributed by atoms with E-state index >= 15 is 0 Å². The largest absolute Gasteiger partial charge is 0.393 e. The maximum absolute atomic E-state index is 11.4. The molecule has 0 spiro atoms. The first-order valence-electron chi connectivity index (χ1n) is 6.06. The third kappa shape index (κ3) is 7.31. The van der Waals surface area contributed by atoms with Gasteiger partial charge in [-0.05, 0) is 38.7 Å². The van der Waals surface area contributed by atoms with Gasteiger partial charge in [-0.2, -0.15) is 4.89 Å². The van der Waals surface area contributed by atoms with Crippen molar-refractivity contribution in [3.63, 3.8) is 0 Å². The lowest BCUT2D eigenvalue weighted by atomic mass is 10.0. The summed E-state index contributed by atoms with van der Waals surface area (Å²) in [5.41, 5.74) is -0.706. The Bertz CT molecular complexity index is 221. The molecule has 0 radical (unpaired) electrons. The summed E-state index contributed by atoms with van der Waals surface area (Å²) in [6, 6.07) is 0. The summed E-state index contributed by atoms with van der Waals surface area (Å²) in [7, 11) is 0. The molecular formula is C12H24O5. The molecule has 0 heterocycles. The lowest BCUT2D eigenvalue weighted by Gasteiger charge is -2.23. The summed E-state index contributed by atoms with van der Waals surface area (Å²) in [6.45, 7) is 8.96. The van der Waals surface area contributed by atoms with Crippen molar-refractivity contribution in [2.45, 2.75) is 65.6 Å². The van der Waals surface area contributed by atoms with E-state index in [9.17, 15) is 9.90 Å².